The molecule has 2 rings (SSSR count). The molecule has 1 aromatic rings. The number of carbonyl (C=O) groups is 1. The zero-order valence-corrected chi connectivity index (χ0v) is 11.7. The van der Waals surface area contributed by atoms with Crippen LogP contribution in [0.2, 0.25) is 0 Å². The van der Waals surface area contributed by atoms with Crippen molar-refractivity contribution in [3.8, 4) is 0 Å². The first-order chi connectivity index (χ1) is 9.42. The van der Waals surface area contributed by atoms with Crippen LogP contribution in [0.1, 0.15) is 38.5 Å². The molecule has 0 aromatic carbocycles. The summed E-state index contributed by atoms with van der Waals surface area (Å²) >= 11 is 0. The Morgan fingerprint density at radius 3 is 2.85 bits per heavy atom. The third-order valence-electron chi connectivity index (χ3n) is 3.36. The Bertz CT molecular complexity index is 618. The molecule has 110 valence electrons. The number of H-pyrrole nitrogens is 1. The van der Waals surface area contributed by atoms with Crippen molar-refractivity contribution in [1.29, 1.82) is 0 Å². The smallest absolute Gasteiger partial charge is 0.330 e. The van der Waals surface area contributed by atoms with Crippen LogP contribution in [0.3, 0.4) is 0 Å². The molecule has 20 heavy (non-hydrogen) atoms. The fourth-order valence-corrected chi connectivity index (χ4v) is 2.37. The van der Waals surface area contributed by atoms with Crippen molar-refractivity contribution in [1.82, 2.24) is 9.55 Å². The van der Waals surface area contributed by atoms with E-state index in [9.17, 15) is 14.4 Å². The van der Waals surface area contributed by atoms with Crippen molar-refractivity contribution in [2.45, 2.75) is 52.0 Å². The van der Waals surface area contributed by atoms with Gasteiger partial charge in [-0.1, -0.05) is 6.92 Å². The molecule has 0 bridgehead atoms. The Kier molecular flexibility index (Phi) is 4.08. The molecule has 1 aliphatic heterocycles. The second-order valence-electron chi connectivity index (χ2n) is 4.90. The van der Waals surface area contributed by atoms with Crippen molar-refractivity contribution < 1.29 is 14.3 Å². The molecule has 2 heterocycles. The van der Waals surface area contributed by atoms with E-state index in [1.54, 1.807) is 6.92 Å². The molecule has 1 N–H and O–H groups in total. The van der Waals surface area contributed by atoms with Gasteiger partial charge in [0.15, 0.2) is 0 Å². The van der Waals surface area contributed by atoms with Gasteiger partial charge in [0.25, 0.3) is 5.56 Å². The summed E-state index contributed by atoms with van der Waals surface area (Å²) in [4.78, 5) is 36.5. The summed E-state index contributed by atoms with van der Waals surface area (Å²) in [6, 6.07) is 0. The number of carbonyl (C=O) groups excluding carboxylic acids is 1. The van der Waals surface area contributed by atoms with Gasteiger partial charge in [0.2, 0.25) is 0 Å². The maximum Gasteiger partial charge on any atom is 0.330 e. The number of nitrogens with one attached hydrogen (secondary N) is 1. The SMILES string of the molecule is CC[C@H]1O[C@@H](n2cc(C)c(=O)[nH]c2=O)C[C@@H]1OC(C)=O. The molecule has 7 heteroatoms. The molecule has 0 aliphatic carbocycles. The summed E-state index contributed by atoms with van der Waals surface area (Å²) in [6.45, 7) is 4.88. The summed E-state index contributed by atoms with van der Waals surface area (Å²) in [5.41, 5.74) is -0.506. The summed E-state index contributed by atoms with van der Waals surface area (Å²) in [5, 5.41) is 0. The Morgan fingerprint density at radius 1 is 1.55 bits per heavy atom. The highest BCUT2D eigenvalue weighted by atomic mass is 16.6. The lowest BCUT2D eigenvalue weighted by molar-refractivity contribution is -0.149. The molecule has 0 saturated carbocycles. The quantitative estimate of drug-likeness (QED) is 0.814. The standard InChI is InChI=1S/C13H18N2O5/c1-4-9-10(19-8(3)16)5-11(20-9)15-6-7(2)12(17)14-13(15)18/h6,9-11H,4-5H2,1-3H3,(H,14,17,18)/t9-,10+,11-/m1/s1. The van der Waals surface area contributed by atoms with Gasteiger partial charge in [-0.3, -0.25) is 19.1 Å². The fourth-order valence-electron chi connectivity index (χ4n) is 2.37. The average molecular weight is 282 g/mol. The van der Waals surface area contributed by atoms with Crippen LogP contribution in [-0.4, -0.2) is 27.7 Å². The summed E-state index contributed by atoms with van der Waals surface area (Å²) in [5.74, 6) is -0.373. The molecule has 0 spiro atoms. The first kappa shape index (κ1) is 14.5. The third-order valence-corrected chi connectivity index (χ3v) is 3.36. The molecule has 1 aromatic heterocycles. The lowest BCUT2D eigenvalue weighted by Gasteiger charge is -2.16. The van der Waals surface area contributed by atoms with E-state index in [0.717, 1.165) is 0 Å². The Hall–Kier alpha value is -1.89. The molecule has 7 nitrogen and oxygen atoms in total. The highest BCUT2D eigenvalue weighted by Crippen LogP contribution is 2.31. The van der Waals surface area contributed by atoms with E-state index in [2.05, 4.69) is 4.98 Å². The highest BCUT2D eigenvalue weighted by Gasteiger charge is 2.37. The summed E-state index contributed by atoms with van der Waals surface area (Å²) in [7, 11) is 0. The van der Waals surface area contributed by atoms with Crippen molar-refractivity contribution in [3.63, 3.8) is 0 Å². The number of nitrogens with zero attached hydrogens (tertiary/aromatic N) is 1. The molecule has 0 radical (unpaired) electrons. The molecule has 1 aliphatic rings. The average Bonchev–Trinajstić information content (AvgIpc) is 2.75. The van der Waals surface area contributed by atoms with E-state index >= 15 is 0 Å². The number of aromatic nitrogens is 2. The number of hydrogen-bond donors (Lipinski definition) is 1. The van der Waals surface area contributed by atoms with E-state index in [0.29, 0.717) is 18.4 Å². The number of aromatic amines is 1. The van der Waals surface area contributed by atoms with Crippen molar-refractivity contribution in [2.24, 2.45) is 0 Å². The summed E-state index contributed by atoms with van der Waals surface area (Å²) < 4.78 is 12.3. The minimum atomic E-state index is -0.535. The van der Waals surface area contributed by atoms with E-state index < -0.39 is 17.5 Å². The Morgan fingerprint density at radius 2 is 2.25 bits per heavy atom. The van der Waals surface area contributed by atoms with E-state index in [4.69, 9.17) is 9.47 Å². The summed E-state index contributed by atoms with van der Waals surface area (Å²) in [6.07, 6.45) is 1.38. The number of rotatable bonds is 3. The largest absolute Gasteiger partial charge is 0.460 e. The van der Waals surface area contributed by atoms with Crippen LogP contribution < -0.4 is 11.2 Å². The molecule has 0 amide bonds. The molecule has 1 saturated heterocycles. The van der Waals surface area contributed by atoms with Gasteiger partial charge >= 0.3 is 11.7 Å². The van der Waals surface area contributed by atoms with E-state index in [-0.39, 0.29) is 18.2 Å². The highest BCUT2D eigenvalue weighted by molar-refractivity contribution is 5.66. The topological polar surface area (TPSA) is 90.4 Å². The monoisotopic (exact) mass is 282 g/mol. The van der Waals surface area contributed by atoms with E-state index in [1.807, 2.05) is 6.92 Å². The van der Waals surface area contributed by atoms with Crippen LogP contribution in [0, 0.1) is 6.92 Å². The van der Waals surface area contributed by atoms with Crippen LogP contribution >= 0.6 is 0 Å². The van der Waals surface area contributed by atoms with Gasteiger partial charge in [0.05, 0.1) is 6.10 Å². The first-order valence-corrected chi connectivity index (χ1v) is 6.57. The fraction of sp³-hybridized carbons (Fsp3) is 0.615. The lowest BCUT2D eigenvalue weighted by atomic mass is 10.1. The van der Waals surface area contributed by atoms with Crippen LogP contribution in [-0.2, 0) is 14.3 Å². The van der Waals surface area contributed by atoms with Crippen molar-refractivity contribution in [3.05, 3.63) is 32.6 Å². The molecular weight excluding hydrogens is 264 g/mol. The zero-order chi connectivity index (χ0) is 14.9. The molecule has 3 atom stereocenters. The Balaban J connectivity index is 2.27. The lowest BCUT2D eigenvalue weighted by Crippen LogP contribution is -2.33. The van der Waals surface area contributed by atoms with Crippen LogP contribution in [0.4, 0.5) is 0 Å². The second kappa shape index (κ2) is 5.62. The van der Waals surface area contributed by atoms with Gasteiger partial charge in [-0.2, -0.15) is 0 Å². The minimum absolute atomic E-state index is 0.247. The van der Waals surface area contributed by atoms with Gasteiger partial charge in [-0.05, 0) is 13.3 Å². The number of aryl methyl sites for hydroxylation is 1. The van der Waals surface area contributed by atoms with Gasteiger partial charge in [0, 0.05) is 25.1 Å². The third kappa shape index (κ3) is 2.82. The van der Waals surface area contributed by atoms with Gasteiger partial charge in [0.1, 0.15) is 12.3 Å². The number of ether oxygens (including phenoxy) is 2. The van der Waals surface area contributed by atoms with Gasteiger partial charge in [-0.15, -0.1) is 0 Å². The van der Waals surface area contributed by atoms with Crippen molar-refractivity contribution in [2.75, 3.05) is 0 Å². The zero-order valence-electron chi connectivity index (χ0n) is 11.7. The van der Waals surface area contributed by atoms with Gasteiger partial charge < -0.3 is 9.47 Å². The van der Waals surface area contributed by atoms with Crippen LogP contribution in [0.5, 0.6) is 0 Å². The molecule has 0 unspecified atom stereocenters. The minimum Gasteiger partial charge on any atom is -0.460 e. The predicted octanol–water partition coefficient (Wildman–Crippen LogP) is 0.474. The van der Waals surface area contributed by atoms with Crippen LogP contribution in [0.15, 0.2) is 15.8 Å². The Labute approximate surface area is 115 Å². The molecular formula is C13H18N2O5. The maximum absolute atomic E-state index is 11.8. The normalized spacial score (nSPS) is 25.6. The van der Waals surface area contributed by atoms with E-state index in [1.165, 1.54) is 17.7 Å². The van der Waals surface area contributed by atoms with Gasteiger partial charge in [-0.25, -0.2) is 4.79 Å². The van der Waals surface area contributed by atoms with Crippen molar-refractivity contribution >= 4 is 5.97 Å². The predicted molar refractivity (Wildman–Crippen MR) is 70.4 cm³/mol. The number of esters is 1. The maximum atomic E-state index is 11.8. The molecule has 1 fully saturated rings. The first-order valence-electron chi connectivity index (χ1n) is 6.57. The number of hydrogen-bond acceptors (Lipinski definition) is 5. The second-order valence-corrected chi connectivity index (χ2v) is 4.90. The van der Waals surface area contributed by atoms with Crippen LogP contribution in [0.25, 0.3) is 0 Å².